The SMILES string of the molecule is CC/C=C/c1ncc(Cl)nc1N(C)Cc1ccc(F)cc1. The number of hydrogen-bond donors (Lipinski definition) is 0. The summed E-state index contributed by atoms with van der Waals surface area (Å²) in [6.45, 7) is 2.66. The van der Waals surface area contributed by atoms with Crippen LogP contribution in [0, 0.1) is 5.82 Å². The first-order chi connectivity index (χ1) is 10.1. The van der Waals surface area contributed by atoms with Crippen molar-refractivity contribution in [3.05, 3.63) is 58.8 Å². The number of aromatic nitrogens is 2. The quantitative estimate of drug-likeness (QED) is 0.823. The van der Waals surface area contributed by atoms with E-state index >= 15 is 0 Å². The smallest absolute Gasteiger partial charge is 0.156 e. The monoisotopic (exact) mass is 305 g/mol. The number of halogens is 2. The minimum Gasteiger partial charge on any atom is -0.354 e. The molecule has 0 saturated heterocycles. The topological polar surface area (TPSA) is 29.0 Å². The molecule has 0 aliphatic rings. The standard InChI is InChI=1S/C16H17ClFN3/c1-3-4-5-14-16(20-15(17)10-19-14)21(2)11-12-6-8-13(18)9-7-12/h4-10H,3,11H2,1-2H3/b5-4+. The van der Waals surface area contributed by atoms with Crippen molar-refractivity contribution in [3.63, 3.8) is 0 Å². The van der Waals surface area contributed by atoms with Crippen molar-refractivity contribution < 1.29 is 4.39 Å². The second-order valence-electron chi connectivity index (χ2n) is 4.69. The van der Waals surface area contributed by atoms with Crippen LogP contribution >= 0.6 is 11.6 Å². The fourth-order valence-electron chi connectivity index (χ4n) is 1.93. The number of hydrogen-bond acceptors (Lipinski definition) is 3. The highest BCUT2D eigenvalue weighted by molar-refractivity contribution is 6.29. The molecule has 1 heterocycles. The van der Waals surface area contributed by atoms with Gasteiger partial charge in [-0.2, -0.15) is 0 Å². The zero-order valence-electron chi connectivity index (χ0n) is 12.1. The molecule has 0 amide bonds. The molecular weight excluding hydrogens is 289 g/mol. The minimum absolute atomic E-state index is 0.240. The van der Waals surface area contributed by atoms with E-state index in [0.717, 1.165) is 17.7 Å². The van der Waals surface area contributed by atoms with E-state index in [0.29, 0.717) is 17.5 Å². The summed E-state index contributed by atoms with van der Waals surface area (Å²) in [7, 11) is 1.91. The molecule has 0 aliphatic carbocycles. The maximum absolute atomic E-state index is 12.9. The average molecular weight is 306 g/mol. The van der Waals surface area contributed by atoms with Crippen molar-refractivity contribution in [2.24, 2.45) is 0 Å². The van der Waals surface area contributed by atoms with Gasteiger partial charge in [0.15, 0.2) is 5.82 Å². The molecule has 0 saturated carbocycles. The first-order valence-electron chi connectivity index (χ1n) is 6.74. The molecule has 0 spiro atoms. The fraction of sp³-hybridized carbons (Fsp3) is 0.250. The van der Waals surface area contributed by atoms with Crippen molar-refractivity contribution in [2.45, 2.75) is 19.9 Å². The van der Waals surface area contributed by atoms with Gasteiger partial charge in [0.2, 0.25) is 0 Å². The summed E-state index contributed by atoms with van der Waals surface area (Å²) in [6.07, 6.45) is 6.41. The third-order valence-electron chi connectivity index (χ3n) is 2.96. The Morgan fingerprint density at radius 3 is 2.67 bits per heavy atom. The highest BCUT2D eigenvalue weighted by Crippen LogP contribution is 2.20. The molecule has 2 rings (SSSR count). The Labute approximate surface area is 129 Å². The van der Waals surface area contributed by atoms with Gasteiger partial charge in [-0.1, -0.05) is 36.7 Å². The highest BCUT2D eigenvalue weighted by atomic mass is 35.5. The van der Waals surface area contributed by atoms with E-state index < -0.39 is 0 Å². The maximum Gasteiger partial charge on any atom is 0.156 e. The lowest BCUT2D eigenvalue weighted by Crippen LogP contribution is -2.19. The van der Waals surface area contributed by atoms with Crippen LogP contribution in [0.1, 0.15) is 24.6 Å². The van der Waals surface area contributed by atoms with Crippen LogP contribution in [-0.2, 0) is 6.54 Å². The number of rotatable bonds is 5. The van der Waals surface area contributed by atoms with E-state index in [4.69, 9.17) is 11.6 Å². The maximum atomic E-state index is 12.9. The lowest BCUT2D eigenvalue weighted by molar-refractivity contribution is 0.627. The molecule has 0 aliphatic heterocycles. The van der Waals surface area contributed by atoms with E-state index in [9.17, 15) is 4.39 Å². The predicted octanol–water partition coefficient (Wildman–Crippen LogP) is 4.33. The summed E-state index contributed by atoms with van der Waals surface area (Å²) < 4.78 is 12.9. The predicted molar refractivity (Wildman–Crippen MR) is 84.9 cm³/mol. The zero-order valence-corrected chi connectivity index (χ0v) is 12.8. The Hall–Kier alpha value is -1.94. The van der Waals surface area contributed by atoms with Crippen LogP contribution in [0.4, 0.5) is 10.2 Å². The number of benzene rings is 1. The summed E-state index contributed by atoms with van der Waals surface area (Å²) in [5.74, 6) is 0.465. The van der Waals surface area contributed by atoms with Gasteiger partial charge in [0.05, 0.1) is 6.20 Å². The summed E-state index contributed by atoms with van der Waals surface area (Å²) in [5, 5.41) is 0.351. The van der Waals surface area contributed by atoms with Crippen molar-refractivity contribution in [3.8, 4) is 0 Å². The van der Waals surface area contributed by atoms with Gasteiger partial charge in [-0.15, -0.1) is 0 Å². The van der Waals surface area contributed by atoms with E-state index in [1.165, 1.54) is 18.3 Å². The van der Waals surface area contributed by atoms with Crippen molar-refractivity contribution in [2.75, 3.05) is 11.9 Å². The molecule has 0 N–H and O–H groups in total. The molecule has 2 aromatic rings. The van der Waals surface area contributed by atoms with Gasteiger partial charge in [-0.25, -0.2) is 14.4 Å². The van der Waals surface area contributed by atoms with Gasteiger partial charge >= 0.3 is 0 Å². The number of allylic oxidation sites excluding steroid dienone is 1. The second kappa shape index (κ2) is 7.18. The molecule has 0 bridgehead atoms. The average Bonchev–Trinajstić information content (AvgIpc) is 2.48. The van der Waals surface area contributed by atoms with Crippen LogP contribution in [0.3, 0.4) is 0 Å². The summed E-state index contributed by atoms with van der Waals surface area (Å²) in [5.41, 5.74) is 1.76. The third kappa shape index (κ3) is 4.26. The third-order valence-corrected chi connectivity index (χ3v) is 3.14. The van der Waals surface area contributed by atoms with Crippen molar-refractivity contribution in [1.82, 2.24) is 9.97 Å². The minimum atomic E-state index is -0.240. The van der Waals surface area contributed by atoms with E-state index in [-0.39, 0.29) is 5.82 Å². The molecule has 21 heavy (non-hydrogen) atoms. The highest BCUT2D eigenvalue weighted by Gasteiger charge is 2.10. The molecule has 0 atom stereocenters. The Morgan fingerprint density at radius 1 is 1.29 bits per heavy atom. The van der Waals surface area contributed by atoms with Crippen LogP contribution in [0.2, 0.25) is 5.15 Å². The molecule has 1 aromatic carbocycles. The first kappa shape index (κ1) is 15.4. The molecule has 3 nitrogen and oxygen atoms in total. The Bertz CT molecular complexity index is 626. The Morgan fingerprint density at radius 2 is 2.00 bits per heavy atom. The largest absolute Gasteiger partial charge is 0.354 e. The van der Waals surface area contributed by atoms with E-state index in [1.54, 1.807) is 12.1 Å². The van der Waals surface area contributed by atoms with Crippen molar-refractivity contribution >= 4 is 23.5 Å². The van der Waals surface area contributed by atoms with Gasteiger partial charge < -0.3 is 4.90 Å². The molecular formula is C16H17ClFN3. The summed E-state index contributed by atoms with van der Waals surface area (Å²) in [6, 6.07) is 6.41. The lowest BCUT2D eigenvalue weighted by atomic mass is 10.2. The molecule has 0 unspecified atom stereocenters. The summed E-state index contributed by atoms with van der Waals surface area (Å²) >= 11 is 5.94. The van der Waals surface area contributed by atoms with Gasteiger partial charge in [0.1, 0.15) is 16.7 Å². The fourth-order valence-corrected chi connectivity index (χ4v) is 2.06. The Kier molecular flexibility index (Phi) is 5.28. The lowest BCUT2D eigenvalue weighted by Gasteiger charge is -2.20. The molecule has 1 aromatic heterocycles. The molecule has 110 valence electrons. The van der Waals surface area contributed by atoms with Gasteiger partial charge in [-0.05, 0) is 30.2 Å². The van der Waals surface area contributed by atoms with Crippen LogP contribution < -0.4 is 4.90 Å². The van der Waals surface area contributed by atoms with Crippen LogP contribution in [0.25, 0.3) is 6.08 Å². The van der Waals surface area contributed by atoms with Crippen LogP contribution in [0.15, 0.2) is 36.5 Å². The molecule has 0 fully saturated rings. The number of nitrogens with zero attached hydrogens (tertiary/aromatic N) is 3. The zero-order chi connectivity index (χ0) is 15.2. The molecule has 5 heteroatoms. The van der Waals surface area contributed by atoms with Crippen LogP contribution in [0.5, 0.6) is 0 Å². The Balaban J connectivity index is 2.24. The van der Waals surface area contributed by atoms with Crippen LogP contribution in [-0.4, -0.2) is 17.0 Å². The summed E-state index contributed by atoms with van der Waals surface area (Å²) in [4.78, 5) is 10.6. The van der Waals surface area contributed by atoms with Crippen molar-refractivity contribution in [1.29, 1.82) is 0 Å². The molecule has 0 radical (unpaired) electrons. The first-order valence-corrected chi connectivity index (χ1v) is 7.12. The normalized spacial score (nSPS) is 11.0. The number of anilines is 1. The van der Waals surface area contributed by atoms with E-state index in [2.05, 4.69) is 16.9 Å². The van der Waals surface area contributed by atoms with Gasteiger partial charge in [0.25, 0.3) is 0 Å². The van der Waals surface area contributed by atoms with E-state index in [1.807, 2.05) is 24.1 Å². The second-order valence-corrected chi connectivity index (χ2v) is 5.08. The van der Waals surface area contributed by atoms with Gasteiger partial charge in [0, 0.05) is 13.6 Å². The van der Waals surface area contributed by atoms with Gasteiger partial charge in [-0.3, -0.25) is 0 Å².